The molecule has 0 aliphatic carbocycles. The van der Waals surface area contributed by atoms with Crippen LogP contribution in [-0.2, 0) is 11.3 Å². The van der Waals surface area contributed by atoms with Gasteiger partial charge in [-0.1, -0.05) is 41.9 Å². The van der Waals surface area contributed by atoms with E-state index in [0.29, 0.717) is 0 Å². The minimum absolute atomic E-state index is 0.260. The van der Waals surface area contributed by atoms with Crippen LogP contribution in [0.5, 0.6) is 0 Å². The normalized spacial score (nSPS) is 18.0. The van der Waals surface area contributed by atoms with Gasteiger partial charge in [-0.2, -0.15) is 0 Å². The van der Waals surface area contributed by atoms with Crippen molar-refractivity contribution in [3.8, 4) is 11.3 Å². The number of nitrogens with zero attached hydrogens (tertiary/aromatic N) is 2. The summed E-state index contributed by atoms with van der Waals surface area (Å²) in [5.41, 5.74) is 3.27. The first-order chi connectivity index (χ1) is 12.3. The highest BCUT2D eigenvalue weighted by Gasteiger charge is 2.19. The van der Waals surface area contributed by atoms with Crippen LogP contribution in [0, 0.1) is 0 Å². The molecule has 3 aromatic rings. The van der Waals surface area contributed by atoms with Crippen molar-refractivity contribution in [2.45, 2.75) is 25.5 Å². The van der Waals surface area contributed by atoms with E-state index in [4.69, 9.17) is 21.3 Å². The van der Waals surface area contributed by atoms with Crippen molar-refractivity contribution in [1.29, 1.82) is 0 Å². The number of benzene rings is 2. The van der Waals surface area contributed by atoms with Gasteiger partial charge in [0, 0.05) is 17.0 Å². The number of hydrogen-bond acceptors (Lipinski definition) is 3. The van der Waals surface area contributed by atoms with E-state index in [0.717, 1.165) is 52.8 Å². The fraction of sp³-hybridized carbons (Fsp3) is 0.250. The average molecular weight is 371 g/mol. The third-order valence-corrected chi connectivity index (χ3v) is 5.44. The van der Waals surface area contributed by atoms with E-state index < -0.39 is 0 Å². The summed E-state index contributed by atoms with van der Waals surface area (Å²) in [6.07, 6.45) is 2.50. The molecule has 5 heteroatoms. The number of thiazole rings is 1. The lowest BCUT2D eigenvalue weighted by Gasteiger charge is -2.14. The summed E-state index contributed by atoms with van der Waals surface area (Å²) in [4.78, 5) is 5.84. The summed E-state index contributed by atoms with van der Waals surface area (Å²) in [6, 6.07) is 18.1. The molecule has 2 aromatic carbocycles. The zero-order valence-corrected chi connectivity index (χ0v) is 15.3. The summed E-state index contributed by atoms with van der Waals surface area (Å²) in [6.45, 7) is 1.68. The molecule has 1 atom stereocenters. The quantitative estimate of drug-likeness (QED) is 0.613. The standard InChI is InChI=1S/C20H19ClN2OS/c21-16-10-8-15(9-11-16)19-14-25-20(22-17-5-2-1-3-6-17)23(19)13-18-7-4-12-24-18/h1-3,5-6,8-11,14,18H,4,7,12-13H2/t18-/m1/s1. The maximum Gasteiger partial charge on any atom is 0.190 e. The molecule has 4 rings (SSSR count). The largest absolute Gasteiger partial charge is 0.376 e. The average Bonchev–Trinajstić information content (AvgIpc) is 3.28. The minimum atomic E-state index is 0.260. The molecule has 1 aromatic heterocycles. The first-order valence-corrected chi connectivity index (χ1v) is 9.71. The summed E-state index contributed by atoms with van der Waals surface area (Å²) in [7, 11) is 0. The molecule has 0 spiro atoms. The van der Waals surface area contributed by atoms with Gasteiger partial charge >= 0.3 is 0 Å². The van der Waals surface area contributed by atoms with Crippen LogP contribution in [-0.4, -0.2) is 17.3 Å². The molecule has 0 amide bonds. The Bertz CT molecular complexity index is 893. The van der Waals surface area contributed by atoms with Gasteiger partial charge in [0.25, 0.3) is 0 Å². The minimum Gasteiger partial charge on any atom is -0.376 e. The molecule has 0 bridgehead atoms. The monoisotopic (exact) mass is 370 g/mol. The molecule has 3 nitrogen and oxygen atoms in total. The third-order valence-electron chi connectivity index (χ3n) is 4.33. The van der Waals surface area contributed by atoms with E-state index in [1.807, 2.05) is 42.5 Å². The van der Waals surface area contributed by atoms with Gasteiger partial charge in [-0.25, -0.2) is 4.99 Å². The molecule has 1 aliphatic heterocycles. The maximum absolute atomic E-state index is 6.05. The lowest BCUT2D eigenvalue weighted by atomic mass is 10.1. The fourth-order valence-electron chi connectivity index (χ4n) is 3.05. The van der Waals surface area contributed by atoms with Gasteiger partial charge in [0.15, 0.2) is 4.80 Å². The van der Waals surface area contributed by atoms with E-state index in [1.165, 1.54) is 0 Å². The molecular weight excluding hydrogens is 352 g/mol. The second-order valence-corrected chi connectivity index (χ2v) is 7.38. The second-order valence-electron chi connectivity index (χ2n) is 6.10. The molecule has 0 unspecified atom stereocenters. The van der Waals surface area contributed by atoms with Crippen LogP contribution in [0.15, 0.2) is 65.0 Å². The van der Waals surface area contributed by atoms with Crippen molar-refractivity contribution in [1.82, 2.24) is 4.57 Å². The molecule has 1 aliphatic rings. The Morgan fingerprint density at radius 3 is 2.64 bits per heavy atom. The van der Waals surface area contributed by atoms with Crippen LogP contribution >= 0.6 is 22.9 Å². The Labute approximate surface area is 156 Å². The summed E-state index contributed by atoms with van der Waals surface area (Å²) >= 11 is 7.71. The SMILES string of the molecule is Clc1ccc(-c2csc(=Nc3ccccc3)n2C[C@H]2CCCO2)cc1. The highest BCUT2D eigenvalue weighted by atomic mass is 35.5. The second kappa shape index (κ2) is 7.56. The van der Waals surface area contributed by atoms with Gasteiger partial charge in [0.2, 0.25) is 0 Å². The van der Waals surface area contributed by atoms with Gasteiger partial charge in [0.1, 0.15) is 0 Å². The lowest BCUT2D eigenvalue weighted by molar-refractivity contribution is 0.0968. The molecule has 1 saturated heterocycles. The zero-order valence-electron chi connectivity index (χ0n) is 13.8. The Morgan fingerprint density at radius 2 is 1.92 bits per heavy atom. The number of para-hydroxylation sites is 1. The van der Waals surface area contributed by atoms with E-state index in [-0.39, 0.29) is 6.10 Å². The molecule has 2 heterocycles. The predicted molar refractivity (Wildman–Crippen MR) is 103 cm³/mol. The first-order valence-electron chi connectivity index (χ1n) is 8.45. The van der Waals surface area contributed by atoms with Crippen molar-refractivity contribution in [2.24, 2.45) is 4.99 Å². The molecule has 128 valence electrons. The van der Waals surface area contributed by atoms with Crippen LogP contribution in [0.25, 0.3) is 11.3 Å². The van der Waals surface area contributed by atoms with Gasteiger partial charge < -0.3 is 9.30 Å². The van der Waals surface area contributed by atoms with Crippen LogP contribution < -0.4 is 4.80 Å². The van der Waals surface area contributed by atoms with Crippen molar-refractivity contribution >= 4 is 28.6 Å². The van der Waals surface area contributed by atoms with Crippen LogP contribution in [0.3, 0.4) is 0 Å². The predicted octanol–water partition coefficient (Wildman–Crippen LogP) is 5.28. The van der Waals surface area contributed by atoms with Crippen molar-refractivity contribution in [3.05, 3.63) is 69.8 Å². The summed E-state index contributed by atoms with van der Waals surface area (Å²) in [5.74, 6) is 0. The van der Waals surface area contributed by atoms with E-state index >= 15 is 0 Å². The van der Waals surface area contributed by atoms with Crippen LogP contribution in [0.1, 0.15) is 12.8 Å². The third kappa shape index (κ3) is 3.87. The Balaban J connectivity index is 1.78. The number of halogens is 1. The van der Waals surface area contributed by atoms with Gasteiger partial charge in [-0.15, -0.1) is 11.3 Å². The van der Waals surface area contributed by atoms with Crippen molar-refractivity contribution in [3.63, 3.8) is 0 Å². The molecule has 0 radical (unpaired) electrons. The Morgan fingerprint density at radius 1 is 1.12 bits per heavy atom. The lowest BCUT2D eigenvalue weighted by Crippen LogP contribution is -2.23. The van der Waals surface area contributed by atoms with Crippen LogP contribution in [0.2, 0.25) is 5.02 Å². The topological polar surface area (TPSA) is 26.5 Å². The number of ether oxygens (including phenoxy) is 1. The fourth-order valence-corrected chi connectivity index (χ4v) is 4.12. The van der Waals surface area contributed by atoms with Crippen LogP contribution in [0.4, 0.5) is 5.69 Å². The Hall–Kier alpha value is -1.88. The highest BCUT2D eigenvalue weighted by molar-refractivity contribution is 7.07. The van der Waals surface area contributed by atoms with Gasteiger partial charge in [-0.3, -0.25) is 0 Å². The molecule has 1 fully saturated rings. The molecule has 25 heavy (non-hydrogen) atoms. The highest BCUT2D eigenvalue weighted by Crippen LogP contribution is 2.24. The van der Waals surface area contributed by atoms with E-state index in [1.54, 1.807) is 11.3 Å². The van der Waals surface area contributed by atoms with Gasteiger partial charge in [0.05, 0.1) is 24.0 Å². The van der Waals surface area contributed by atoms with Crippen molar-refractivity contribution < 1.29 is 4.74 Å². The summed E-state index contributed by atoms with van der Waals surface area (Å²) < 4.78 is 8.14. The number of aromatic nitrogens is 1. The zero-order chi connectivity index (χ0) is 17.1. The molecule has 0 saturated carbocycles. The maximum atomic E-state index is 6.05. The molecular formula is C20H19ClN2OS. The first kappa shape index (κ1) is 16.6. The summed E-state index contributed by atoms with van der Waals surface area (Å²) in [5, 5.41) is 2.92. The number of rotatable bonds is 4. The van der Waals surface area contributed by atoms with Gasteiger partial charge in [-0.05, 0) is 42.7 Å². The molecule has 0 N–H and O–H groups in total. The Kier molecular flexibility index (Phi) is 5.02. The van der Waals surface area contributed by atoms with Crippen molar-refractivity contribution in [2.75, 3.05) is 6.61 Å². The van der Waals surface area contributed by atoms with E-state index in [2.05, 4.69) is 22.1 Å². The number of hydrogen-bond donors (Lipinski definition) is 0. The van der Waals surface area contributed by atoms with E-state index in [9.17, 15) is 0 Å². The smallest absolute Gasteiger partial charge is 0.190 e.